The molecule has 0 bridgehead atoms. The molecule has 0 unspecified atom stereocenters. The number of aryl methyl sites for hydroxylation is 1. The number of hydrogen-bond acceptors (Lipinski definition) is 6. The Morgan fingerprint density at radius 1 is 1.24 bits per heavy atom. The van der Waals surface area contributed by atoms with E-state index >= 15 is 0 Å². The summed E-state index contributed by atoms with van der Waals surface area (Å²) in [6.45, 7) is 4.51. The van der Waals surface area contributed by atoms with Gasteiger partial charge in [-0.05, 0) is 25.0 Å². The van der Waals surface area contributed by atoms with Crippen LogP contribution in [-0.4, -0.2) is 32.3 Å². The summed E-state index contributed by atoms with van der Waals surface area (Å²) in [5.41, 5.74) is 2.37. The van der Waals surface area contributed by atoms with Crippen LogP contribution in [0.4, 0.5) is 5.82 Å². The highest BCUT2D eigenvalue weighted by Gasteiger charge is 2.16. The van der Waals surface area contributed by atoms with E-state index in [-0.39, 0.29) is 6.61 Å². The van der Waals surface area contributed by atoms with E-state index in [1.807, 2.05) is 43.5 Å². The zero-order valence-electron chi connectivity index (χ0n) is 14.1. The third-order valence-electron chi connectivity index (χ3n) is 3.49. The van der Waals surface area contributed by atoms with E-state index in [1.165, 1.54) is 6.20 Å². The van der Waals surface area contributed by atoms with Crippen molar-refractivity contribution >= 4 is 11.8 Å². The molecular formula is C18H19N5O2. The maximum atomic E-state index is 12.2. The minimum Gasteiger partial charge on any atom is -0.462 e. The molecule has 2 aromatic heterocycles. The summed E-state index contributed by atoms with van der Waals surface area (Å²) in [5.74, 6) is 0.346. The van der Waals surface area contributed by atoms with Gasteiger partial charge in [-0.15, -0.1) is 0 Å². The van der Waals surface area contributed by atoms with Gasteiger partial charge in [0.05, 0.1) is 12.8 Å². The summed E-state index contributed by atoms with van der Waals surface area (Å²) in [6, 6.07) is 9.87. The van der Waals surface area contributed by atoms with Gasteiger partial charge in [-0.25, -0.2) is 14.5 Å². The van der Waals surface area contributed by atoms with Gasteiger partial charge in [0.1, 0.15) is 11.4 Å². The maximum Gasteiger partial charge on any atom is 0.343 e. The predicted octanol–water partition coefficient (Wildman–Crippen LogP) is 2.76. The molecule has 0 aliphatic rings. The molecule has 0 saturated heterocycles. The van der Waals surface area contributed by atoms with Crippen LogP contribution in [0.2, 0.25) is 0 Å². The highest BCUT2D eigenvalue weighted by Crippen LogP contribution is 2.16. The molecule has 0 radical (unpaired) electrons. The minimum atomic E-state index is -0.457. The first-order valence-electron chi connectivity index (χ1n) is 8.01. The van der Waals surface area contributed by atoms with Crippen LogP contribution in [0, 0.1) is 6.92 Å². The number of anilines is 1. The van der Waals surface area contributed by atoms with E-state index < -0.39 is 5.97 Å². The van der Waals surface area contributed by atoms with Gasteiger partial charge in [0, 0.05) is 18.9 Å². The summed E-state index contributed by atoms with van der Waals surface area (Å²) in [5, 5.41) is 7.40. The number of ether oxygens (including phenoxy) is 1. The topological polar surface area (TPSA) is 81.9 Å². The molecule has 0 atom stereocenters. The molecule has 3 rings (SSSR count). The summed E-state index contributed by atoms with van der Waals surface area (Å²) in [4.78, 5) is 20.8. The van der Waals surface area contributed by atoms with Crippen molar-refractivity contribution in [3.05, 3.63) is 65.6 Å². The van der Waals surface area contributed by atoms with Crippen LogP contribution >= 0.6 is 0 Å². The molecule has 0 aliphatic heterocycles. The van der Waals surface area contributed by atoms with Crippen LogP contribution in [0.5, 0.6) is 0 Å². The number of carbonyl (C=O) groups is 1. The van der Waals surface area contributed by atoms with Gasteiger partial charge in [0.15, 0.2) is 0 Å². The highest BCUT2D eigenvalue weighted by atomic mass is 16.5. The number of aromatic nitrogens is 4. The predicted molar refractivity (Wildman–Crippen MR) is 93.6 cm³/mol. The van der Waals surface area contributed by atoms with Crippen LogP contribution < -0.4 is 5.32 Å². The standard InChI is InChI=1S/C18H19N5O2/c1-3-25-17(24)15-11-20-18(23-12-13(2)9-21-23)22-16(15)19-10-14-7-5-4-6-8-14/h4-9,11-12H,3,10H2,1-2H3,(H,19,20,22). The fourth-order valence-corrected chi connectivity index (χ4v) is 2.28. The Bertz CT molecular complexity index is 861. The lowest BCUT2D eigenvalue weighted by atomic mass is 10.2. The van der Waals surface area contributed by atoms with E-state index in [0.29, 0.717) is 23.9 Å². The van der Waals surface area contributed by atoms with Crippen molar-refractivity contribution in [1.29, 1.82) is 0 Å². The Morgan fingerprint density at radius 2 is 2.04 bits per heavy atom. The molecule has 0 fully saturated rings. The highest BCUT2D eigenvalue weighted by molar-refractivity contribution is 5.94. The van der Waals surface area contributed by atoms with Gasteiger partial charge in [-0.3, -0.25) is 0 Å². The fraction of sp³-hybridized carbons (Fsp3) is 0.222. The van der Waals surface area contributed by atoms with E-state index in [4.69, 9.17) is 4.74 Å². The number of carbonyl (C=O) groups excluding carboxylic acids is 1. The van der Waals surface area contributed by atoms with E-state index in [1.54, 1.807) is 17.8 Å². The van der Waals surface area contributed by atoms with Crippen LogP contribution in [-0.2, 0) is 11.3 Å². The number of nitrogens with one attached hydrogen (secondary N) is 1. The number of benzene rings is 1. The summed E-state index contributed by atoms with van der Waals surface area (Å²) in [6.07, 6.45) is 5.00. The van der Waals surface area contributed by atoms with Gasteiger partial charge in [-0.2, -0.15) is 10.1 Å². The van der Waals surface area contributed by atoms with E-state index in [2.05, 4.69) is 20.4 Å². The molecule has 2 heterocycles. The lowest BCUT2D eigenvalue weighted by Crippen LogP contribution is -2.14. The average Bonchev–Trinajstić information content (AvgIpc) is 3.07. The fourth-order valence-electron chi connectivity index (χ4n) is 2.28. The second-order valence-electron chi connectivity index (χ2n) is 5.45. The Labute approximate surface area is 145 Å². The normalized spacial score (nSPS) is 10.5. The first kappa shape index (κ1) is 16.6. The van der Waals surface area contributed by atoms with E-state index in [0.717, 1.165) is 11.1 Å². The zero-order valence-corrected chi connectivity index (χ0v) is 14.1. The van der Waals surface area contributed by atoms with Crippen molar-refractivity contribution in [2.24, 2.45) is 0 Å². The molecule has 1 aromatic carbocycles. The number of rotatable bonds is 6. The third kappa shape index (κ3) is 4.00. The van der Waals surface area contributed by atoms with Crippen LogP contribution in [0.3, 0.4) is 0 Å². The molecular weight excluding hydrogens is 318 g/mol. The zero-order chi connectivity index (χ0) is 17.6. The lowest BCUT2D eigenvalue weighted by Gasteiger charge is -2.11. The molecule has 7 nitrogen and oxygen atoms in total. The average molecular weight is 337 g/mol. The van der Waals surface area contributed by atoms with Crippen molar-refractivity contribution in [2.45, 2.75) is 20.4 Å². The molecule has 25 heavy (non-hydrogen) atoms. The van der Waals surface area contributed by atoms with Crippen LogP contribution in [0.25, 0.3) is 5.95 Å². The Morgan fingerprint density at radius 3 is 2.72 bits per heavy atom. The van der Waals surface area contributed by atoms with Crippen LogP contribution in [0.1, 0.15) is 28.4 Å². The van der Waals surface area contributed by atoms with E-state index in [9.17, 15) is 4.79 Å². The molecule has 0 aliphatic carbocycles. The molecule has 0 amide bonds. The molecule has 128 valence electrons. The number of esters is 1. The summed E-state index contributed by atoms with van der Waals surface area (Å²) in [7, 11) is 0. The SMILES string of the molecule is CCOC(=O)c1cnc(-n2cc(C)cn2)nc1NCc1ccccc1. The van der Waals surface area contributed by atoms with Crippen molar-refractivity contribution in [3.8, 4) is 5.95 Å². The lowest BCUT2D eigenvalue weighted by molar-refractivity contribution is 0.0526. The first-order valence-corrected chi connectivity index (χ1v) is 8.01. The summed E-state index contributed by atoms with van der Waals surface area (Å²) < 4.78 is 6.66. The van der Waals surface area contributed by atoms with Gasteiger partial charge < -0.3 is 10.1 Å². The quantitative estimate of drug-likeness (QED) is 0.697. The Hall–Kier alpha value is -3.22. The maximum absolute atomic E-state index is 12.2. The second-order valence-corrected chi connectivity index (χ2v) is 5.45. The van der Waals surface area contributed by atoms with Crippen molar-refractivity contribution in [2.75, 3.05) is 11.9 Å². The monoisotopic (exact) mass is 337 g/mol. The van der Waals surface area contributed by atoms with Gasteiger partial charge in [-0.1, -0.05) is 30.3 Å². The summed E-state index contributed by atoms with van der Waals surface area (Å²) >= 11 is 0. The largest absolute Gasteiger partial charge is 0.462 e. The molecule has 1 N–H and O–H groups in total. The number of hydrogen-bond donors (Lipinski definition) is 1. The number of nitrogens with zero attached hydrogens (tertiary/aromatic N) is 4. The third-order valence-corrected chi connectivity index (χ3v) is 3.49. The Kier molecular flexibility index (Phi) is 5.03. The molecule has 0 saturated carbocycles. The molecule has 7 heteroatoms. The van der Waals surface area contributed by atoms with Gasteiger partial charge in [0.2, 0.25) is 0 Å². The molecule has 0 spiro atoms. The minimum absolute atomic E-state index is 0.289. The van der Waals surface area contributed by atoms with Gasteiger partial charge in [0.25, 0.3) is 5.95 Å². The second kappa shape index (κ2) is 7.57. The van der Waals surface area contributed by atoms with Crippen LogP contribution in [0.15, 0.2) is 48.9 Å². The van der Waals surface area contributed by atoms with Crippen molar-refractivity contribution < 1.29 is 9.53 Å². The van der Waals surface area contributed by atoms with Gasteiger partial charge >= 0.3 is 5.97 Å². The van der Waals surface area contributed by atoms with Crippen molar-refractivity contribution in [3.63, 3.8) is 0 Å². The first-order chi connectivity index (χ1) is 12.2. The smallest absolute Gasteiger partial charge is 0.343 e. The Balaban J connectivity index is 1.91. The molecule has 3 aromatic rings. The van der Waals surface area contributed by atoms with Crippen molar-refractivity contribution in [1.82, 2.24) is 19.7 Å².